The minimum absolute atomic E-state index is 0.128. The minimum Gasteiger partial charge on any atom is -0.480 e. The molecule has 1 aliphatic heterocycles. The molecule has 3 aromatic carbocycles. The number of rotatable bonds is 8. The van der Waals surface area contributed by atoms with Gasteiger partial charge in [-0.05, 0) is 48.1 Å². The summed E-state index contributed by atoms with van der Waals surface area (Å²) in [6.07, 6.45) is 0.738. The summed E-state index contributed by atoms with van der Waals surface area (Å²) in [4.78, 5) is 54.9. The Kier molecular flexibility index (Phi) is 7.36. The number of para-hydroxylation sites is 2. The van der Waals surface area contributed by atoms with E-state index < -0.39 is 47.7 Å². The maximum absolute atomic E-state index is 14.5. The number of carbonyl (C=O) groups excluding carboxylic acids is 3. The highest BCUT2D eigenvalue weighted by molar-refractivity contribution is 6.09. The van der Waals surface area contributed by atoms with Crippen molar-refractivity contribution in [3.05, 3.63) is 102 Å². The van der Waals surface area contributed by atoms with Crippen LogP contribution in [0.5, 0.6) is 0 Å². The van der Waals surface area contributed by atoms with Gasteiger partial charge in [-0.1, -0.05) is 80.6 Å². The van der Waals surface area contributed by atoms with Gasteiger partial charge < -0.3 is 20.7 Å². The lowest BCUT2D eigenvalue weighted by Crippen LogP contribution is -2.63. The van der Waals surface area contributed by atoms with Gasteiger partial charge in [-0.15, -0.1) is 0 Å². The molecular formula is C32H32N4O5. The number of anilines is 1. The normalized spacial score (nSPS) is 16.6. The number of fused-ring (bicyclic) bond motifs is 2. The first kappa shape index (κ1) is 27.6. The predicted molar refractivity (Wildman–Crippen MR) is 155 cm³/mol. The number of hydrogen-bond donors (Lipinski definition) is 3. The summed E-state index contributed by atoms with van der Waals surface area (Å²) in [5, 5.41) is 13.1. The Bertz CT molecular complexity index is 1640. The van der Waals surface area contributed by atoms with E-state index in [1.54, 1.807) is 66.7 Å². The molecule has 41 heavy (non-hydrogen) atoms. The van der Waals surface area contributed by atoms with Crippen LogP contribution in [0.2, 0.25) is 0 Å². The molecule has 0 saturated carbocycles. The van der Waals surface area contributed by atoms with Crippen molar-refractivity contribution in [3.8, 4) is 0 Å². The number of nitrogens with one attached hydrogen (secondary N) is 1. The van der Waals surface area contributed by atoms with Crippen LogP contribution >= 0.6 is 0 Å². The molecule has 2 heterocycles. The molecule has 2 unspecified atom stereocenters. The molecule has 210 valence electrons. The van der Waals surface area contributed by atoms with E-state index in [2.05, 4.69) is 5.32 Å². The van der Waals surface area contributed by atoms with Crippen molar-refractivity contribution in [1.29, 1.82) is 0 Å². The largest absolute Gasteiger partial charge is 0.480 e. The Hall–Kier alpha value is -4.92. The highest BCUT2D eigenvalue weighted by Gasteiger charge is 2.52. The molecule has 3 amide bonds. The summed E-state index contributed by atoms with van der Waals surface area (Å²) in [5.74, 6) is -3.26. The lowest BCUT2D eigenvalue weighted by Gasteiger charge is -2.45. The van der Waals surface area contributed by atoms with Crippen LogP contribution in [-0.2, 0) is 32.9 Å². The molecule has 0 bridgehead atoms. The van der Waals surface area contributed by atoms with E-state index in [0.717, 1.165) is 5.56 Å². The smallest absolute Gasteiger partial charge is 0.323 e. The molecule has 0 radical (unpaired) electrons. The number of nitrogens with zero attached hydrogens (tertiary/aromatic N) is 2. The zero-order valence-corrected chi connectivity index (χ0v) is 22.9. The molecular weight excluding hydrogens is 520 g/mol. The number of benzene rings is 3. The summed E-state index contributed by atoms with van der Waals surface area (Å²) in [6, 6.07) is 24.1. The summed E-state index contributed by atoms with van der Waals surface area (Å²) in [7, 11) is 0. The zero-order chi connectivity index (χ0) is 29.3. The van der Waals surface area contributed by atoms with E-state index in [1.165, 1.54) is 9.47 Å². The Morgan fingerprint density at radius 2 is 1.66 bits per heavy atom. The Morgan fingerprint density at radius 3 is 2.34 bits per heavy atom. The zero-order valence-electron chi connectivity index (χ0n) is 22.9. The quantitative estimate of drug-likeness (QED) is 0.305. The van der Waals surface area contributed by atoms with Crippen LogP contribution in [0.4, 0.5) is 5.69 Å². The first-order chi connectivity index (χ1) is 19.7. The molecule has 2 atom stereocenters. The van der Waals surface area contributed by atoms with Crippen molar-refractivity contribution in [2.45, 2.75) is 44.8 Å². The van der Waals surface area contributed by atoms with Gasteiger partial charge in [0.25, 0.3) is 11.8 Å². The fraction of sp³-hybridized carbons (Fsp3) is 0.250. The van der Waals surface area contributed by atoms with Crippen molar-refractivity contribution in [2.24, 2.45) is 11.7 Å². The Morgan fingerprint density at radius 1 is 1.00 bits per heavy atom. The van der Waals surface area contributed by atoms with Crippen LogP contribution in [0.25, 0.3) is 10.9 Å². The second-order valence-electron chi connectivity index (χ2n) is 10.6. The second-order valence-corrected chi connectivity index (χ2v) is 10.6. The molecule has 1 aliphatic rings. The van der Waals surface area contributed by atoms with Crippen molar-refractivity contribution < 1.29 is 24.3 Å². The first-order valence-corrected chi connectivity index (χ1v) is 13.5. The van der Waals surface area contributed by atoms with Crippen molar-refractivity contribution in [1.82, 2.24) is 9.88 Å². The topological polar surface area (TPSA) is 135 Å². The van der Waals surface area contributed by atoms with Gasteiger partial charge in [0.2, 0.25) is 5.91 Å². The number of carbonyl (C=O) groups is 4. The molecule has 0 saturated heterocycles. The van der Waals surface area contributed by atoms with Crippen molar-refractivity contribution in [2.75, 3.05) is 4.90 Å². The lowest BCUT2D eigenvalue weighted by atomic mass is 9.76. The number of aryl methyl sites for hydroxylation is 1. The third-order valence-corrected chi connectivity index (χ3v) is 7.87. The van der Waals surface area contributed by atoms with Gasteiger partial charge >= 0.3 is 5.97 Å². The van der Waals surface area contributed by atoms with Crippen LogP contribution in [0.15, 0.2) is 84.9 Å². The van der Waals surface area contributed by atoms with Gasteiger partial charge in [0.05, 0.1) is 0 Å². The van der Waals surface area contributed by atoms with E-state index in [-0.39, 0.29) is 12.1 Å². The molecule has 0 fully saturated rings. The summed E-state index contributed by atoms with van der Waals surface area (Å²) in [6.45, 7) is 3.27. The van der Waals surface area contributed by atoms with Crippen molar-refractivity contribution in [3.63, 3.8) is 0 Å². The minimum atomic E-state index is -1.54. The van der Waals surface area contributed by atoms with E-state index in [1.807, 2.05) is 32.0 Å². The van der Waals surface area contributed by atoms with Gasteiger partial charge in [0.1, 0.15) is 18.3 Å². The number of carboxylic acids is 1. The molecule has 9 heteroatoms. The molecule has 1 aromatic heterocycles. The van der Waals surface area contributed by atoms with E-state index >= 15 is 0 Å². The van der Waals surface area contributed by atoms with Gasteiger partial charge in [-0.2, -0.15) is 0 Å². The summed E-state index contributed by atoms with van der Waals surface area (Å²) < 4.78 is 1.42. The third-order valence-electron chi connectivity index (χ3n) is 7.87. The van der Waals surface area contributed by atoms with Crippen LogP contribution < -0.4 is 16.0 Å². The molecule has 0 aliphatic carbocycles. The average Bonchev–Trinajstić information content (AvgIpc) is 3.25. The van der Waals surface area contributed by atoms with Crippen LogP contribution in [0.1, 0.15) is 41.9 Å². The lowest BCUT2D eigenvalue weighted by molar-refractivity contribution is -0.137. The number of primary amides is 1. The Balaban J connectivity index is 1.62. The predicted octanol–water partition coefficient (Wildman–Crippen LogP) is 3.84. The second kappa shape index (κ2) is 10.9. The molecule has 5 rings (SSSR count). The number of carboxylic acid groups (broad SMARTS) is 1. The van der Waals surface area contributed by atoms with Gasteiger partial charge in [-0.25, -0.2) is 0 Å². The standard InChI is InChI=1S/C32H32N4O5/c1-20(2)32(31(33)41,23-12-4-3-5-13-23)36-26-15-9-6-10-21(26)16-17-24(30(36)40)34-29(39)27-18-22-11-7-8-14-25(22)35(27)19-28(37)38/h3-15,18,20,24H,16-17,19H2,1-2H3,(H2,33,41)(H,34,39)(H,37,38). The number of aliphatic carboxylic acids is 1. The number of amides is 3. The third kappa shape index (κ3) is 4.73. The summed E-state index contributed by atoms with van der Waals surface area (Å²) >= 11 is 0. The van der Waals surface area contributed by atoms with Crippen LogP contribution in [0, 0.1) is 5.92 Å². The maximum Gasteiger partial charge on any atom is 0.323 e. The first-order valence-electron chi connectivity index (χ1n) is 13.5. The monoisotopic (exact) mass is 552 g/mol. The number of aromatic nitrogens is 1. The van der Waals surface area contributed by atoms with Crippen LogP contribution in [0.3, 0.4) is 0 Å². The van der Waals surface area contributed by atoms with E-state index in [4.69, 9.17) is 5.73 Å². The fourth-order valence-corrected chi connectivity index (χ4v) is 6.02. The number of hydrogen-bond acceptors (Lipinski definition) is 4. The van der Waals surface area contributed by atoms with Gasteiger partial charge in [-0.3, -0.25) is 24.1 Å². The van der Waals surface area contributed by atoms with Gasteiger partial charge in [0.15, 0.2) is 5.54 Å². The fourth-order valence-electron chi connectivity index (χ4n) is 6.02. The average molecular weight is 553 g/mol. The molecule has 9 nitrogen and oxygen atoms in total. The maximum atomic E-state index is 14.5. The number of nitrogens with two attached hydrogens (primary N) is 1. The van der Waals surface area contributed by atoms with E-state index in [0.29, 0.717) is 28.6 Å². The van der Waals surface area contributed by atoms with Gasteiger partial charge in [0, 0.05) is 16.6 Å². The van der Waals surface area contributed by atoms with Crippen molar-refractivity contribution >= 4 is 40.3 Å². The molecule has 4 aromatic rings. The molecule has 0 spiro atoms. The Labute approximate surface area is 237 Å². The van der Waals surface area contributed by atoms with Crippen LogP contribution in [-0.4, -0.2) is 39.4 Å². The summed E-state index contributed by atoms with van der Waals surface area (Å²) in [5.41, 5.74) is 7.33. The highest BCUT2D eigenvalue weighted by Crippen LogP contribution is 2.43. The van der Waals surface area contributed by atoms with E-state index in [9.17, 15) is 24.3 Å². The molecule has 4 N–H and O–H groups in total. The highest BCUT2D eigenvalue weighted by atomic mass is 16.4. The SMILES string of the molecule is CC(C)C(C(N)=O)(c1ccccc1)N1C(=O)C(NC(=O)c2cc3ccccc3n2CC(=O)O)CCc2ccccc21.